The number of aromatic nitrogens is 1. The first-order valence-electron chi connectivity index (χ1n) is 17.1. The van der Waals surface area contributed by atoms with E-state index >= 15 is 0 Å². The molecule has 236 valence electrons. The van der Waals surface area contributed by atoms with Gasteiger partial charge in [-0.25, -0.2) is 0 Å². The van der Waals surface area contributed by atoms with Crippen molar-refractivity contribution in [1.82, 2.24) is 4.57 Å². The molecule has 0 aliphatic carbocycles. The quantitative estimate of drug-likeness (QED) is 0.169. The van der Waals surface area contributed by atoms with Crippen LogP contribution in [-0.4, -0.2) is 4.57 Å². The highest BCUT2D eigenvalue weighted by molar-refractivity contribution is 6.10. The maximum Gasteiger partial charge on any atom is 0.0541 e. The van der Waals surface area contributed by atoms with Crippen LogP contribution in [0.2, 0.25) is 0 Å². The van der Waals surface area contributed by atoms with Crippen molar-refractivity contribution in [3.63, 3.8) is 0 Å². The first-order chi connectivity index (χ1) is 24.8. The zero-order valence-electron chi connectivity index (χ0n) is 27.5. The molecule has 9 aromatic rings. The van der Waals surface area contributed by atoms with Gasteiger partial charge >= 0.3 is 0 Å². The van der Waals surface area contributed by atoms with Gasteiger partial charge in [0.05, 0.1) is 11.0 Å². The zero-order chi connectivity index (χ0) is 33.3. The van der Waals surface area contributed by atoms with Crippen molar-refractivity contribution in [3.8, 4) is 39.1 Å². The highest BCUT2D eigenvalue weighted by atomic mass is 15.1. The second-order valence-corrected chi connectivity index (χ2v) is 12.6. The van der Waals surface area contributed by atoms with Gasteiger partial charge in [-0.3, -0.25) is 0 Å². The maximum absolute atomic E-state index is 2.37. The van der Waals surface area contributed by atoms with Crippen LogP contribution in [0.1, 0.15) is 0 Å². The molecular formula is C48H34N2. The van der Waals surface area contributed by atoms with E-state index in [4.69, 9.17) is 0 Å². The third-order valence-corrected chi connectivity index (χ3v) is 9.59. The van der Waals surface area contributed by atoms with Crippen LogP contribution in [0.4, 0.5) is 17.1 Å². The van der Waals surface area contributed by atoms with Gasteiger partial charge in [0, 0.05) is 33.5 Å². The summed E-state index contributed by atoms with van der Waals surface area (Å²) in [6.07, 6.45) is 0. The summed E-state index contributed by atoms with van der Waals surface area (Å²) >= 11 is 0. The third kappa shape index (κ3) is 5.34. The van der Waals surface area contributed by atoms with Crippen LogP contribution in [0, 0.1) is 0 Å². The third-order valence-electron chi connectivity index (χ3n) is 9.59. The Bertz CT molecular complexity index is 2570. The SMILES string of the molecule is c1ccc(-c2ccc(N(c3ccccc3)c3cccc(-c4ccccc4-c4ccc5c(c4)c4ccccc4n5-c4ccccc4)c3)cc2)cc1. The molecular weight excluding hydrogens is 605 g/mol. The largest absolute Gasteiger partial charge is 0.310 e. The molecule has 1 heterocycles. The Balaban J connectivity index is 1.15. The molecule has 9 rings (SSSR count). The molecule has 50 heavy (non-hydrogen) atoms. The number of rotatable bonds is 7. The molecule has 0 N–H and O–H groups in total. The van der Waals surface area contributed by atoms with Gasteiger partial charge < -0.3 is 9.47 Å². The van der Waals surface area contributed by atoms with Crippen LogP contribution in [0.25, 0.3) is 60.9 Å². The molecule has 0 atom stereocenters. The topological polar surface area (TPSA) is 8.17 Å². The standard InChI is InChI=1S/C48H34N2/c1-4-15-35(16-5-1)36-27-30-41(31-28-36)49(39-18-6-2-7-19-39)42-22-14-17-37(33-42)43-23-10-11-24-44(43)38-29-32-48-46(34-38)45-25-12-13-26-47(45)50(48)40-20-8-3-9-21-40/h1-34H. The Morgan fingerprint density at radius 2 is 0.800 bits per heavy atom. The van der Waals surface area contributed by atoms with Crippen LogP contribution in [0.15, 0.2) is 206 Å². The van der Waals surface area contributed by atoms with Crippen LogP contribution >= 0.6 is 0 Å². The van der Waals surface area contributed by atoms with Gasteiger partial charge in [0.2, 0.25) is 0 Å². The summed E-state index contributed by atoms with van der Waals surface area (Å²) in [5.74, 6) is 0. The molecule has 0 aliphatic rings. The second-order valence-electron chi connectivity index (χ2n) is 12.6. The lowest BCUT2D eigenvalue weighted by molar-refractivity contribution is 1.18. The van der Waals surface area contributed by atoms with E-state index in [0.717, 1.165) is 17.1 Å². The minimum Gasteiger partial charge on any atom is -0.310 e. The van der Waals surface area contributed by atoms with Crippen LogP contribution in [-0.2, 0) is 0 Å². The van der Waals surface area contributed by atoms with Gasteiger partial charge in [-0.2, -0.15) is 0 Å². The zero-order valence-corrected chi connectivity index (χ0v) is 27.5. The van der Waals surface area contributed by atoms with Crippen molar-refractivity contribution in [3.05, 3.63) is 206 Å². The van der Waals surface area contributed by atoms with E-state index < -0.39 is 0 Å². The van der Waals surface area contributed by atoms with Crippen LogP contribution in [0.3, 0.4) is 0 Å². The molecule has 0 amide bonds. The fourth-order valence-corrected chi connectivity index (χ4v) is 7.25. The monoisotopic (exact) mass is 638 g/mol. The fraction of sp³-hybridized carbons (Fsp3) is 0. The lowest BCUT2D eigenvalue weighted by Gasteiger charge is -2.26. The Morgan fingerprint density at radius 1 is 0.300 bits per heavy atom. The van der Waals surface area contributed by atoms with Gasteiger partial charge in [-0.15, -0.1) is 0 Å². The van der Waals surface area contributed by atoms with Crippen molar-refractivity contribution in [2.45, 2.75) is 0 Å². The molecule has 0 spiro atoms. The Morgan fingerprint density at radius 3 is 1.54 bits per heavy atom. The first kappa shape index (κ1) is 29.5. The summed E-state index contributed by atoms with van der Waals surface area (Å²) in [6, 6.07) is 74.0. The lowest BCUT2D eigenvalue weighted by Crippen LogP contribution is -2.09. The van der Waals surface area contributed by atoms with E-state index in [9.17, 15) is 0 Å². The molecule has 0 bridgehead atoms. The van der Waals surface area contributed by atoms with E-state index in [2.05, 4.69) is 216 Å². The normalized spacial score (nSPS) is 11.2. The molecule has 0 saturated carbocycles. The molecule has 1 aromatic heterocycles. The van der Waals surface area contributed by atoms with Crippen LogP contribution < -0.4 is 4.90 Å². The number of benzene rings is 8. The summed E-state index contributed by atoms with van der Waals surface area (Å²) in [7, 11) is 0. The Kier molecular flexibility index (Phi) is 7.53. The van der Waals surface area contributed by atoms with Gasteiger partial charge in [-0.05, 0) is 100 Å². The highest BCUT2D eigenvalue weighted by Crippen LogP contribution is 2.41. The molecule has 2 nitrogen and oxygen atoms in total. The predicted molar refractivity (Wildman–Crippen MR) is 212 cm³/mol. The van der Waals surface area contributed by atoms with E-state index in [-0.39, 0.29) is 0 Å². The number of anilines is 3. The van der Waals surface area contributed by atoms with Gasteiger partial charge in [0.15, 0.2) is 0 Å². The minimum absolute atomic E-state index is 1.11. The minimum atomic E-state index is 1.11. The Hall–Kier alpha value is -6.64. The summed E-state index contributed by atoms with van der Waals surface area (Å²) in [4.78, 5) is 2.34. The molecule has 0 unspecified atom stereocenters. The number of nitrogens with zero attached hydrogens (tertiary/aromatic N) is 2. The van der Waals surface area contributed by atoms with E-state index in [1.165, 1.54) is 60.9 Å². The van der Waals surface area contributed by atoms with Gasteiger partial charge in [0.1, 0.15) is 0 Å². The summed E-state index contributed by atoms with van der Waals surface area (Å²) in [5.41, 5.74) is 14.1. The summed E-state index contributed by atoms with van der Waals surface area (Å²) < 4.78 is 2.37. The van der Waals surface area contributed by atoms with Crippen molar-refractivity contribution >= 4 is 38.9 Å². The molecule has 2 heteroatoms. The van der Waals surface area contributed by atoms with Crippen LogP contribution in [0.5, 0.6) is 0 Å². The van der Waals surface area contributed by atoms with Crippen molar-refractivity contribution in [2.24, 2.45) is 0 Å². The average molecular weight is 639 g/mol. The van der Waals surface area contributed by atoms with Crippen molar-refractivity contribution < 1.29 is 0 Å². The molecule has 0 aliphatic heterocycles. The summed E-state index contributed by atoms with van der Waals surface area (Å²) in [6.45, 7) is 0. The Labute approximate surface area is 292 Å². The molecule has 0 radical (unpaired) electrons. The molecule has 0 saturated heterocycles. The molecule has 8 aromatic carbocycles. The van der Waals surface area contributed by atoms with E-state index in [0.29, 0.717) is 0 Å². The lowest BCUT2D eigenvalue weighted by atomic mass is 9.93. The number of para-hydroxylation sites is 3. The van der Waals surface area contributed by atoms with Gasteiger partial charge in [0.25, 0.3) is 0 Å². The fourth-order valence-electron chi connectivity index (χ4n) is 7.25. The van der Waals surface area contributed by atoms with E-state index in [1.54, 1.807) is 0 Å². The highest BCUT2D eigenvalue weighted by Gasteiger charge is 2.17. The second kappa shape index (κ2) is 12.8. The average Bonchev–Trinajstić information content (AvgIpc) is 3.53. The van der Waals surface area contributed by atoms with Crippen molar-refractivity contribution in [2.75, 3.05) is 4.90 Å². The first-order valence-corrected chi connectivity index (χ1v) is 17.1. The number of hydrogen-bond acceptors (Lipinski definition) is 1. The van der Waals surface area contributed by atoms with E-state index in [1.807, 2.05) is 0 Å². The molecule has 0 fully saturated rings. The number of hydrogen-bond donors (Lipinski definition) is 0. The predicted octanol–water partition coefficient (Wildman–Crippen LogP) is 13.3. The maximum atomic E-state index is 2.37. The van der Waals surface area contributed by atoms with Gasteiger partial charge in [-0.1, -0.05) is 140 Å². The summed E-state index contributed by atoms with van der Waals surface area (Å²) in [5, 5.41) is 2.50. The number of fused-ring (bicyclic) bond motifs is 3. The smallest absolute Gasteiger partial charge is 0.0541 e. The van der Waals surface area contributed by atoms with Crippen molar-refractivity contribution in [1.29, 1.82) is 0 Å².